The standard InChI is InChI=1S/C18H27N5O2/c1-4-15-12-17(21-18(20-15)23-8-10-24-11-9-23)19-7-5-6-16-13(2)22-25-14(16)3/h12H,4-11H2,1-3H3,(H,19,20,21). The normalized spacial score (nSPS) is 14.8. The van der Waals surface area contributed by atoms with Crippen molar-refractivity contribution in [2.45, 2.75) is 40.0 Å². The van der Waals surface area contributed by atoms with Crippen LogP contribution < -0.4 is 10.2 Å². The molecule has 136 valence electrons. The van der Waals surface area contributed by atoms with Crippen molar-refractivity contribution in [1.29, 1.82) is 0 Å². The van der Waals surface area contributed by atoms with E-state index in [4.69, 9.17) is 14.2 Å². The summed E-state index contributed by atoms with van der Waals surface area (Å²) in [4.78, 5) is 11.6. The third-order valence-corrected chi connectivity index (χ3v) is 4.51. The fraction of sp³-hybridized carbons (Fsp3) is 0.611. The number of morpholine rings is 1. The maximum atomic E-state index is 5.42. The first kappa shape index (κ1) is 17.7. The SMILES string of the molecule is CCc1cc(NCCCc2c(C)noc2C)nc(N2CCOCC2)n1. The molecule has 0 bridgehead atoms. The molecule has 0 unspecified atom stereocenters. The Labute approximate surface area is 148 Å². The maximum Gasteiger partial charge on any atom is 0.227 e. The van der Waals surface area contributed by atoms with Gasteiger partial charge in [-0.2, -0.15) is 4.98 Å². The third-order valence-electron chi connectivity index (χ3n) is 4.51. The van der Waals surface area contributed by atoms with Gasteiger partial charge in [-0.15, -0.1) is 0 Å². The summed E-state index contributed by atoms with van der Waals surface area (Å²) in [6.07, 6.45) is 2.85. The zero-order valence-electron chi connectivity index (χ0n) is 15.3. The Kier molecular flexibility index (Phi) is 5.86. The molecule has 1 fully saturated rings. The van der Waals surface area contributed by atoms with Crippen molar-refractivity contribution >= 4 is 11.8 Å². The highest BCUT2D eigenvalue weighted by molar-refractivity contribution is 5.44. The lowest BCUT2D eigenvalue weighted by Gasteiger charge is -2.27. The summed E-state index contributed by atoms with van der Waals surface area (Å²) in [6.45, 7) is 10.1. The van der Waals surface area contributed by atoms with Crippen molar-refractivity contribution in [3.8, 4) is 0 Å². The summed E-state index contributed by atoms with van der Waals surface area (Å²) in [5.74, 6) is 2.62. The van der Waals surface area contributed by atoms with E-state index in [-0.39, 0.29) is 0 Å². The van der Waals surface area contributed by atoms with E-state index < -0.39 is 0 Å². The molecule has 0 spiro atoms. The average Bonchev–Trinajstić information content (AvgIpc) is 2.97. The van der Waals surface area contributed by atoms with Gasteiger partial charge in [0.2, 0.25) is 5.95 Å². The second-order valence-corrected chi connectivity index (χ2v) is 6.33. The lowest BCUT2D eigenvalue weighted by atomic mass is 10.1. The summed E-state index contributed by atoms with van der Waals surface area (Å²) in [7, 11) is 0. The predicted octanol–water partition coefficient (Wildman–Crippen LogP) is 2.53. The van der Waals surface area contributed by atoms with E-state index in [1.54, 1.807) is 0 Å². The highest BCUT2D eigenvalue weighted by atomic mass is 16.5. The van der Waals surface area contributed by atoms with Gasteiger partial charge in [0, 0.05) is 37.0 Å². The quantitative estimate of drug-likeness (QED) is 0.773. The minimum absolute atomic E-state index is 0.736. The van der Waals surface area contributed by atoms with Crippen LogP contribution in [-0.2, 0) is 17.6 Å². The van der Waals surface area contributed by atoms with Crippen molar-refractivity contribution < 1.29 is 9.26 Å². The van der Waals surface area contributed by atoms with E-state index in [0.29, 0.717) is 0 Å². The zero-order chi connectivity index (χ0) is 17.6. The van der Waals surface area contributed by atoms with Crippen molar-refractivity contribution in [1.82, 2.24) is 15.1 Å². The Hall–Kier alpha value is -2.15. The molecule has 0 atom stereocenters. The van der Waals surface area contributed by atoms with Crippen LogP contribution in [0.4, 0.5) is 11.8 Å². The molecule has 3 rings (SSSR count). The summed E-state index contributed by atoms with van der Waals surface area (Å²) < 4.78 is 10.6. The number of hydrogen-bond acceptors (Lipinski definition) is 7. The predicted molar refractivity (Wildman–Crippen MR) is 97.2 cm³/mol. The van der Waals surface area contributed by atoms with Crippen LogP contribution in [-0.4, -0.2) is 48.0 Å². The zero-order valence-corrected chi connectivity index (χ0v) is 15.3. The lowest BCUT2D eigenvalue weighted by Crippen LogP contribution is -2.37. The van der Waals surface area contributed by atoms with Gasteiger partial charge in [-0.1, -0.05) is 12.1 Å². The van der Waals surface area contributed by atoms with Crippen LogP contribution in [0.3, 0.4) is 0 Å². The monoisotopic (exact) mass is 345 g/mol. The second kappa shape index (κ2) is 8.29. The van der Waals surface area contributed by atoms with Crippen LogP contribution >= 0.6 is 0 Å². The molecule has 0 aliphatic carbocycles. The number of nitrogens with one attached hydrogen (secondary N) is 1. The summed E-state index contributed by atoms with van der Waals surface area (Å²) in [5, 5.41) is 7.45. The molecule has 2 aromatic rings. The Morgan fingerprint density at radius 1 is 1.20 bits per heavy atom. The smallest absolute Gasteiger partial charge is 0.227 e. The average molecular weight is 345 g/mol. The first-order valence-corrected chi connectivity index (χ1v) is 9.03. The van der Waals surface area contributed by atoms with Gasteiger partial charge in [-0.25, -0.2) is 4.98 Å². The lowest BCUT2D eigenvalue weighted by molar-refractivity contribution is 0.122. The molecular formula is C18H27N5O2. The molecule has 1 N–H and O–H groups in total. The molecule has 7 nitrogen and oxygen atoms in total. The minimum atomic E-state index is 0.736. The second-order valence-electron chi connectivity index (χ2n) is 6.33. The van der Waals surface area contributed by atoms with E-state index in [2.05, 4.69) is 27.3 Å². The third kappa shape index (κ3) is 4.48. The van der Waals surface area contributed by atoms with Crippen LogP contribution in [0.15, 0.2) is 10.6 Å². The Balaban J connectivity index is 1.59. The van der Waals surface area contributed by atoms with E-state index in [1.165, 1.54) is 5.56 Å². The molecule has 1 aliphatic rings. The van der Waals surface area contributed by atoms with E-state index in [9.17, 15) is 0 Å². The maximum absolute atomic E-state index is 5.42. The molecule has 0 saturated carbocycles. The van der Waals surface area contributed by atoms with E-state index in [0.717, 1.165) is 81.0 Å². The summed E-state index contributed by atoms with van der Waals surface area (Å²) >= 11 is 0. The van der Waals surface area contributed by atoms with Crippen LogP contribution in [0.5, 0.6) is 0 Å². The first-order valence-electron chi connectivity index (χ1n) is 9.03. The van der Waals surface area contributed by atoms with Gasteiger partial charge in [0.05, 0.1) is 18.9 Å². The van der Waals surface area contributed by atoms with Gasteiger partial charge in [-0.05, 0) is 33.1 Å². The Bertz CT molecular complexity index is 675. The van der Waals surface area contributed by atoms with Crippen molar-refractivity contribution in [3.63, 3.8) is 0 Å². The Morgan fingerprint density at radius 2 is 2.00 bits per heavy atom. The molecule has 0 radical (unpaired) electrons. The fourth-order valence-electron chi connectivity index (χ4n) is 3.00. The number of aryl methyl sites for hydroxylation is 3. The van der Waals surface area contributed by atoms with Crippen LogP contribution in [0, 0.1) is 13.8 Å². The number of ether oxygens (including phenoxy) is 1. The molecule has 1 saturated heterocycles. The molecule has 0 aromatic carbocycles. The molecule has 25 heavy (non-hydrogen) atoms. The largest absolute Gasteiger partial charge is 0.378 e. The molecule has 1 aliphatic heterocycles. The number of rotatable bonds is 7. The molecule has 2 aromatic heterocycles. The van der Waals surface area contributed by atoms with E-state index >= 15 is 0 Å². The van der Waals surface area contributed by atoms with Crippen molar-refractivity contribution in [3.05, 3.63) is 28.8 Å². The van der Waals surface area contributed by atoms with Crippen molar-refractivity contribution in [2.75, 3.05) is 43.1 Å². The van der Waals surface area contributed by atoms with Gasteiger partial charge >= 0.3 is 0 Å². The van der Waals surface area contributed by atoms with Crippen LogP contribution in [0.25, 0.3) is 0 Å². The van der Waals surface area contributed by atoms with Crippen LogP contribution in [0.1, 0.15) is 36.1 Å². The number of aromatic nitrogens is 3. The molecule has 7 heteroatoms. The first-order chi connectivity index (χ1) is 12.2. The minimum Gasteiger partial charge on any atom is -0.378 e. The number of nitrogens with zero attached hydrogens (tertiary/aromatic N) is 4. The van der Waals surface area contributed by atoms with Gasteiger partial charge < -0.3 is 19.5 Å². The van der Waals surface area contributed by atoms with Crippen molar-refractivity contribution in [2.24, 2.45) is 0 Å². The number of hydrogen-bond donors (Lipinski definition) is 1. The Morgan fingerprint density at radius 3 is 2.68 bits per heavy atom. The number of anilines is 2. The molecular weight excluding hydrogens is 318 g/mol. The van der Waals surface area contributed by atoms with Gasteiger partial charge in [0.1, 0.15) is 11.6 Å². The van der Waals surface area contributed by atoms with Gasteiger partial charge in [-0.3, -0.25) is 0 Å². The van der Waals surface area contributed by atoms with Gasteiger partial charge in [0.15, 0.2) is 0 Å². The molecule has 0 amide bonds. The van der Waals surface area contributed by atoms with E-state index in [1.807, 2.05) is 19.9 Å². The summed E-state index contributed by atoms with van der Waals surface area (Å²) in [5.41, 5.74) is 3.26. The highest BCUT2D eigenvalue weighted by Gasteiger charge is 2.15. The van der Waals surface area contributed by atoms with Crippen LogP contribution in [0.2, 0.25) is 0 Å². The highest BCUT2D eigenvalue weighted by Crippen LogP contribution is 2.17. The van der Waals surface area contributed by atoms with Gasteiger partial charge in [0.25, 0.3) is 0 Å². The fourth-order valence-corrected chi connectivity index (χ4v) is 3.00. The molecule has 3 heterocycles. The summed E-state index contributed by atoms with van der Waals surface area (Å²) in [6, 6.07) is 2.04. The topological polar surface area (TPSA) is 76.3 Å².